The maximum Gasteiger partial charge on any atom is 0.251 e. The molecule has 212 valence electrons. The summed E-state index contributed by atoms with van der Waals surface area (Å²) in [5.74, 6) is -1.20. The Morgan fingerprint density at radius 3 is 2.51 bits per heavy atom. The van der Waals surface area contributed by atoms with Gasteiger partial charge in [-0.25, -0.2) is 0 Å². The molecule has 1 aromatic carbocycles. The van der Waals surface area contributed by atoms with Gasteiger partial charge in [-0.1, -0.05) is 30.7 Å². The normalized spacial score (nSPS) is 26.9. The highest BCUT2D eigenvalue weighted by Gasteiger charge is 2.74. The van der Waals surface area contributed by atoms with Gasteiger partial charge in [0.05, 0.1) is 16.6 Å². The molecule has 3 saturated heterocycles. The van der Waals surface area contributed by atoms with Crippen molar-refractivity contribution in [1.82, 2.24) is 9.80 Å². The second-order valence-corrected chi connectivity index (χ2v) is 12.7. The molecule has 2 unspecified atom stereocenters. The number of hydrogen-bond donors (Lipinski definition) is 1. The lowest BCUT2D eigenvalue weighted by molar-refractivity contribution is -0.143. The molecule has 39 heavy (non-hydrogen) atoms. The molecule has 0 aliphatic carbocycles. The summed E-state index contributed by atoms with van der Waals surface area (Å²) in [4.78, 5) is 47.9. The van der Waals surface area contributed by atoms with E-state index < -0.39 is 22.6 Å². The van der Waals surface area contributed by atoms with Crippen LogP contribution in [-0.2, 0) is 14.4 Å². The number of rotatable bonds is 14. The first-order chi connectivity index (χ1) is 18.8. The number of carbonyl (C=O) groups is 3. The highest BCUT2D eigenvalue weighted by atomic mass is 35.5. The zero-order chi connectivity index (χ0) is 28.2. The molecule has 2 bridgehead atoms. The molecular formula is C30H40ClN3O4S. The van der Waals surface area contributed by atoms with E-state index in [1.807, 2.05) is 24.0 Å². The number of hydrogen-bond acceptors (Lipinski definition) is 5. The van der Waals surface area contributed by atoms with Crippen LogP contribution in [0.2, 0.25) is 5.02 Å². The standard InChI is InChI=1S/C30H40ClN3O4S/c1-4-16-32(17-5-2)27(36)24-23-14-15-30(39-23)25(24)28(37)34(19-8-7-9-20-35)26(30)29(38)33(18-6-3)22-12-10-21(31)11-13-22/h4,6,10-13,23-26,35H,1,3,5,7-9,14-20H2,2H3/t23-,24+,25+,26?,30?/m1/s1. The first-order valence-corrected chi connectivity index (χ1v) is 15.3. The second kappa shape index (κ2) is 12.9. The van der Waals surface area contributed by atoms with Gasteiger partial charge in [0.15, 0.2) is 0 Å². The fourth-order valence-corrected chi connectivity index (χ4v) is 9.01. The monoisotopic (exact) mass is 573 g/mol. The van der Waals surface area contributed by atoms with Crippen LogP contribution in [0.5, 0.6) is 0 Å². The average molecular weight is 574 g/mol. The van der Waals surface area contributed by atoms with E-state index in [4.69, 9.17) is 11.6 Å². The van der Waals surface area contributed by atoms with Crippen LogP contribution in [0, 0.1) is 11.8 Å². The third-order valence-corrected chi connectivity index (χ3v) is 10.5. The predicted molar refractivity (Wildman–Crippen MR) is 158 cm³/mol. The summed E-state index contributed by atoms with van der Waals surface area (Å²) in [6, 6.07) is 6.45. The third-order valence-electron chi connectivity index (χ3n) is 8.25. The molecule has 0 radical (unpaired) electrons. The maximum atomic E-state index is 14.5. The van der Waals surface area contributed by atoms with Gasteiger partial charge in [-0.05, 0) is 62.8 Å². The van der Waals surface area contributed by atoms with Crippen molar-refractivity contribution in [2.75, 3.05) is 37.7 Å². The molecule has 9 heteroatoms. The largest absolute Gasteiger partial charge is 0.396 e. The maximum absolute atomic E-state index is 14.5. The number of nitrogens with zero attached hydrogens (tertiary/aromatic N) is 3. The minimum atomic E-state index is -0.674. The van der Waals surface area contributed by atoms with Gasteiger partial charge in [-0.2, -0.15) is 0 Å². The number of carbonyl (C=O) groups excluding carboxylic acids is 3. The molecule has 0 saturated carbocycles. The number of thioether (sulfide) groups is 1. The number of anilines is 1. The summed E-state index contributed by atoms with van der Waals surface area (Å²) in [5.41, 5.74) is 0.696. The van der Waals surface area contributed by atoms with E-state index in [9.17, 15) is 19.5 Å². The Morgan fingerprint density at radius 2 is 1.87 bits per heavy atom. The molecule has 3 aliphatic heterocycles. The third kappa shape index (κ3) is 5.52. The highest BCUT2D eigenvalue weighted by Crippen LogP contribution is 2.66. The fourth-order valence-electron chi connectivity index (χ4n) is 6.67. The Balaban J connectivity index is 1.73. The van der Waals surface area contributed by atoms with Gasteiger partial charge in [0.2, 0.25) is 11.8 Å². The van der Waals surface area contributed by atoms with Crippen LogP contribution in [0.4, 0.5) is 5.69 Å². The van der Waals surface area contributed by atoms with Gasteiger partial charge in [-0.15, -0.1) is 24.9 Å². The van der Waals surface area contributed by atoms with Crippen LogP contribution in [0.25, 0.3) is 0 Å². The Bertz CT molecular complexity index is 1080. The highest BCUT2D eigenvalue weighted by molar-refractivity contribution is 8.02. The number of amides is 3. The summed E-state index contributed by atoms with van der Waals surface area (Å²) in [5, 5.41) is 9.86. The van der Waals surface area contributed by atoms with Gasteiger partial charge in [0.1, 0.15) is 6.04 Å². The molecule has 3 aliphatic rings. The molecule has 0 aromatic heterocycles. The van der Waals surface area contributed by atoms with Gasteiger partial charge in [-0.3, -0.25) is 14.4 Å². The molecule has 4 rings (SSSR count). The summed E-state index contributed by atoms with van der Waals surface area (Å²) >= 11 is 7.81. The first kappa shape index (κ1) is 29.7. The van der Waals surface area contributed by atoms with Crippen LogP contribution in [0.3, 0.4) is 0 Å². The number of aliphatic hydroxyl groups is 1. The number of unbranched alkanes of at least 4 members (excludes halogenated alkanes) is 2. The number of fused-ring (bicyclic) bond motifs is 1. The minimum absolute atomic E-state index is 0.00292. The van der Waals surface area contributed by atoms with Crippen LogP contribution in [-0.4, -0.2) is 81.5 Å². The van der Waals surface area contributed by atoms with Crippen molar-refractivity contribution < 1.29 is 19.5 Å². The average Bonchev–Trinajstić information content (AvgIpc) is 3.57. The molecule has 1 N–H and O–H groups in total. The van der Waals surface area contributed by atoms with Crippen molar-refractivity contribution >= 4 is 46.8 Å². The lowest BCUT2D eigenvalue weighted by Gasteiger charge is -2.37. The quantitative estimate of drug-likeness (QED) is 0.261. The Morgan fingerprint density at radius 1 is 1.15 bits per heavy atom. The van der Waals surface area contributed by atoms with Crippen LogP contribution >= 0.6 is 23.4 Å². The summed E-state index contributed by atoms with van der Waals surface area (Å²) < 4.78 is -0.645. The molecule has 1 aromatic rings. The Labute approximate surface area is 241 Å². The van der Waals surface area contributed by atoms with Gasteiger partial charge >= 0.3 is 0 Å². The smallest absolute Gasteiger partial charge is 0.251 e. The van der Waals surface area contributed by atoms with Crippen molar-refractivity contribution in [2.45, 2.75) is 61.5 Å². The van der Waals surface area contributed by atoms with Crippen LogP contribution in [0.1, 0.15) is 45.4 Å². The van der Waals surface area contributed by atoms with Crippen molar-refractivity contribution in [3.63, 3.8) is 0 Å². The fraction of sp³-hybridized carbons (Fsp3) is 0.567. The molecule has 1 spiro atoms. The van der Waals surface area contributed by atoms with Crippen molar-refractivity contribution in [3.8, 4) is 0 Å². The van der Waals surface area contributed by atoms with Crippen LogP contribution < -0.4 is 4.90 Å². The van der Waals surface area contributed by atoms with Gasteiger partial charge in [0, 0.05) is 48.7 Å². The lowest BCUT2D eigenvalue weighted by atomic mass is 9.70. The van der Waals surface area contributed by atoms with Gasteiger partial charge in [0.25, 0.3) is 5.91 Å². The molecule has 5 atom stereocenters. The SMILES string of the molecule is C=CCN(CCC)C(=O)[C@@H]1[C@H]2C(=O)N(CCCCCO)C(C(=O)N(CC=C)c3ccc(Cl)cc3)C23CC[C@H]1S3. The summed E-state index contributed by atoms with van der Waals surface area (Å²) in [6.07, 6.45) is 7.87. The number of halogens is 1. The van der Waals surface area contributed by atoms with Gasteiger partial charge < -0.3 is 19.8 Å². The topological polar surface area (TPSA) is 81.2 Å². The lowest BCUT2D eigenvalue weighted by Crippen LogP contribution is -2.55. The number of aliphatic hydroxyl groups excluding tert-OH is 1. The van der Waals surface area contributed by atoms with E-state index in [0.717, 1.165) is 25.7 Å². The van der Waals surface area contributed by atoms with E-state index in [-0.39, 0.29) is 29.6 Å². The molecule has 3 heterocycles. The van der Waals surface area contributed by atoms with Crippen molar-refractivity contribution in [3.05, 3.63) is 54.6 Å². The molecule has 3 amide bonds. The summed E-state index contributed by atoms with van der Waals surface area (Å²) in [7, 11) is 0. The number of benzene rings is 1. The number of likely N-dealkylation sites (tertiary alicyclic amines) is 1. The zero-order valence-electron chi connectivity index (χ0n) is 22.8. The zero-order valence-corrected chi connectivity index (χ0v) is 24.3. The Hall–Kier alpha value is -2.29. The van der Waals surface area contributed by atoms with E-state index in [2.05, 4.69) is 13.2 Å². The predicted octanol–water partition coefficient (Wildman–Crippen LogP) is 4.54. The van der Waals surface area contributed by atoms with E-state index >= 15 is 0 Å². The van der Waals surface area contributed by atoms with E-state index in [0.29, 0.717) is 49.7 Å². The molecule has 7 nitrogen and oxygen atoms in total. The second-order valence-electron chi connectivity index (χ2n) is 10.7. The van der Waals surface area contributed by atoms with Crippen molar-refractivity contribution in [2.24, 2.45) is 11.8 Å². The first-order valence-electron chi connectivity index (χ1n) is 14.0. The van der Waals surface area contributed by atoms with Crippen LogP contribution in [0.15, 0.2) is 49.6 Å². The van der Waals surface area contributed by atoms with Crippen molar-refractivity contribution in [1.29, 1.82) is 0 Å². The van der Waals surface area contributed by atoms with E-state index in [1.54, 1.807) is 45.8 Å². The minimum Gasteiger partial charge on any atom is -0.396 e. The summed E-state index contributed by atoms with van der Waals surface area (Å²) in [6.45, 7) is 11.6. The van der Waals surface area contributed by atoms with E-state index in [1.165, 1.54) is 0 Å². The molecule has 3 fully saturated rings. The molecular weight excluding hydrogens is 534 g/mol. The Kier molecular flexibility index (Phi) is 9.83.